The van der Waals surface area contributed by atoms with Crippen LogP contribution in [0.3, 0.4) is 0 Å². The summed E-state index contributed by atoms with van der Waals surface area (Å²) < 4.78 is 0. The monoisotopic (exact) mass is 194 g/mol. The van der Waals surface area contributed by atoms with Crippen LogP contribution in [0.4, 0.5) is 0 Å². The minimum Gasteiger partial charge on any atom is -0.297 e. The Hall–Kier alpha value is -0.920. The second-order valence-electron chi connectivity index (χ2n) is 3.77. The lowest BCUT2D eigenvalue weighted by Gasteiger charge is -2.04. The molecule has 0 N–H and O–H groups in total. The van der Waals surface area contributed by atoms with Crippen LogP contribution in [0.25, 0.3) is 0 Å². The van der Waals surface area contributed by atoms with Crippen molar-refractivity contribution in [1.82, 2.24) is 0 Å². The molecule has 14 heavy (non-hydrogen) atoms. The van der Waals surface area contributed by atoms with E-state index in [4.69, 9.17) is 0 Å². The summed E-state index contributed by atoms with van der Waals surface area (Å²) in [7, 11) is 1.78. The molecule has 0 heterocycles. The molecule has 0 aliphatic heterocycles. The number of hydrogen-bond acceptors (Lipinski definition) is 2. The molecule has 0 aromatic carbocycles. The van der Waals surface area contributed by atoms with Crippen molar-refractivity contribution in [2.45, 2.75) is 34.1 Å². The molecular weight excluding hydrogens is 172 g/mol. The second kappa shape index (κ2) is 7.48. The SMILES string of the molecule is CC/C(=C\C=NC)C(C)=NCC(C)C. The van der Waals surface area contributed by atoms with Gasteiger partial charge in [-0.15, -0.1) is 0 Å². The van der Waals surface area contributed by atoms with Crippen LogP contribution in [0, 0.1) is 5.92 Å². The number of nitrogens with zero attached hydrogens (tertiary/aromatic N) is 2. The maximum absolute atomic E-state index is 4.53. The summed E-state index contributed by atoms with van der Waals surface area (Å²) >= 11 is 0. The molecule has 0 bridgehead atoms. The first kappa shape index (κ1) is 13.1. The Morgan fingerprint density at radius 1 is 1.36 bits per heavy atom. The fraction of sp³-hybridized carbons (Fsp3) is 0.667. The van der Waals surface area contributed by atoms with Crippen LogP contribution >= 0.6 is 0 Å². The summed E-state index contributed by atoms with van der Waals surface area (Å²) in [5.41, 5.74) is 2.41. The maximum atomic E-state index is 4.53. The summed E-state index contributed by atoms with van der Waals surface area (Å²) in [5, 5.41) is 0. The first-order valence-electron chi connectivity index (χ1n) is 5.24. The Morgan fingerprint density at radius 2 is 2.00 bits per heavy atom. The Bertz CT molecular complexity index is 235. The predicted octanol–water partition coefficient (Wildman–Crippen LogP) is 3.14. The zero-order valence-electron chi connectivity index (χ0n) is 10.0. The van der Waals surface area contributed by atoms with Gasteiger partial charge in [0.15, 0.2) is 0 Å². The molecule has 0 aromatic rings. The largest absolute Gasteiger partial charge is 0.297 e. The molecule has 0 radical (unpaired) electrons. The van der Waals surface area contributed by atoms with E-state index in [9.17, 15) is 0 Å². The van der Waals surface area contributed by atoms with E-state index in [2.05, 4.69) is 37.7 Å². The molecule has 0 aromatic heterocycles. The van der Waals surface area contributed by atoms with Crippen LogP contribution < -0.4 is 0 Å². The van der Waals surface area contributed by atoms with Gasteiger partial charge in [0, 0.05) is 25.5 Å². The molecule has 0 fully saturated rings. The van der Waals surface area contributed by atoms with Gasteiger partial charge in [0.25, 0.3) is 0 Å². The van der Waals surface area contributed by atoms with E-state index in [0.717, 1.165) is 18.7 Å². The average molecular weight is 194 g/mol. The summed E-state index contributed by atoms with van der Waals surface area (Å²) in [5.74, 6) is 0.628. The highest BCUT2D eigenvalue weighted by atomic mass is 14.7. The van der Waals surface area contributed by atoms with Crippen molar-refractivity contribution in [3.05, 3.63) is 11.6 Å². The summed E-state index contributed by atoms with van der Waals surface area (Å²) in [6.45, 7) is 9.48. The van der Waals surface area contributed by atoms with E-state index in [1.165, 1.54) is 5.57 Å². The molecule has 2 heteroatoms. The first-order valence-corrected chi connectivity index (χ1v) is 5.24. The van der Waals surface area contributed by atoms with Crippen molar-refractivity contribution < 1.29 is 0 Å². The smallest absolute Gasteiger partial charge is 0.0415 e. The van der Waals surface area contributed by atoms with Gasteiger partial charge >= 0.3 is 0 Å². The standard InChI is InChI=1S/C12H22N2/c1-6-12(7-8-13-5)11(4)14-9-10(2)3/h7-8,10H,6,9H2,1-5H3/b12-7+,13-8?,14-11?. The number of rotatable bonds is 5. The van der Waals surface area contributed by atoms with Crippen LogP contribution in [-0.4, -0.2) is 25.5 Å². The predicted molar refractivity (Wildman–Crippen MR) is 65.6 cm³/mol. The van der Waals surface area contributed by atoms with Crippen LogP contribution in [-0.2, 0) is 0 Å². The van der Waals surface area contributed by atoms with Gasteiger partial charge in [0.1, 0.15) is 0 Å². The summed E-state index contributed by atoms with van der Waals surface area (Å²) in [6, 6.07) is 0. The van der Waals surface area contributed by atoms with E-state index in [1.807, 2.05) is 12.3 Å². The van der Waals surface area contributed by atoms with E-state index in [1.54, 1.807) is 7.05 Å². The van der Waals surface area contributed by atoms with Gasteiger partial charge in [0.2, 0.25) is 0 Å². The van der Waals surface area contributed by atoms with E-state index in [0.29, 0.717) is 5.92 Å². The van der Waals surface area contributed by atoms with E-state index >= 15 is 0 Å². The highest BCUT2D eigenvalue weighted by molar-refractivity contribution is 6.01. The van der Waals surface area contributed by atoms with Gasteiger partial charge in [-0.25, -0.2) is 0 Å². The van der Waals surface area contributed by atoms with Crippen molar-refractivity contribution in [2.24, 2.45) is 15.9 Å². The third-order valence-electron chi connectivity index (χ3n) is 1.96. The minimum absolute atomic E-state index is 0.628. The van der Waals surface area contributed by atoms with Crippen molar-refractivity contribution in [3.63, 3.8) is 0 Å². The van der Waals surface area contributed by atoms with Crippen molar-refractivity contribution >= 4 is 11.9 Å². The van der Waals surface area contributed by atoms with Crippen molar-refractivity contribution in [1.29, 1.82) is 0 Å². The van der Waals surface area contributed by atoms with E-state index < -0.39 is 0 Å². The Labute approximate surface area is 87.9 Å². The lowest BCUT2D eigenvalue weighted by Crippen LogP contribution is -2.01. The first-order chi connectivity index (χ1) is 6.61. The molecule has 0 amide bonds. The van der Waals surface area contributed by atoms with Crippen LogP contribution in [0.15, 0.2) is 21.6 Å². The Balaban J connectivity index is 4.44. The summed E-state index contributed by atoms with van der Waals surface area (Å²) in [6.07, 6.45) is 4.88. The zero-order valence-corrected chi connectivity index (χ0v) is 10.0. The number of aliphatic imine (C=N–C) groups is 2. The second-order valence-corrected chi connectivity index (χ2v) is 3.77. The third-order valence-corrected chi connectivity index (χ3v) is 1.96. The molecular formula is C12H22N2. The van der Waals surface area contributed by atoms with Crippen LogP contribution in [0.5, 0.6) is 0 Å². The molecule has 0 aliphatic carbocycles. The molecule has 0 rings (SSSR count). The quantitative estimate of drug-likeness (QED) is 0.601. The zero-order chi connectivity index (χ0) is 11.0. The van der Waals surface area contributed by atoms with Gasteiger partial charge in [-0.3, -0.25) is 9.98 Å². The van der Waals surface area contributed by atoms with Gasteiger partial charge in [0.05, 0.1) is 0 Å². The highest BCUT2D eigenvalue weighted by Gasteiger charge is 1.98. The lowest BCUT2D eigenvalue weighted by molar-refractivity contribution is 0.665. The average Bonchev–Trinajstić information content (AvgIpc) is 2.16. The molecule has 2 nitrogen and oxygen atoms in total. The number of hydrogen-bond donors (Lipinski definition) is 0. The lowest BCUT2D eigenvalue weighted by atomic mass is 10.1. The fourth-order valence-electron chi connectivity index (χ4n) is 1.08. The van der Waals surface area contributed by atoms with E-state index in [-0.39, 0.29) is 0 Å². The van der Waals surface area contributed by atoms with Gasteiger partial charge in [-0.05, 0) is 30.9 Å². The van der Waals surface area contributed by atoms with Crippen LogP contribution in [0.1, 0.15) is 34.1 Å². The molecule has 0 saturated heterocycles. The summed E-state index contributed by atoms with van der Waals surface area (Å²) in [4.78, 5) is 8.48. The Kier molecular flexibility index (Phi) is 6.99. The van der Waals surface area contributed by atoms with Crippen molar-refractivity contribution in [2.75, 3.05) is 13.6 Å². The van der Waals surface area contributed by atoms with Gasteiger partial charge in [-0.2, -0.15) is 0 Å². The maximum Gasteiger partial charge on any atom is 0.0415 e. The molecule has 80 valence electrons. The fourth-order valence-corrected chi connectivity index (χ4v) is 1.08. The highest BCUT2D eigenvalue weighted by Crippen LogP contribution is 2.04. The van der Waals surface area contributed by atoms with Gasteiger partial charge < -0.3 is 0 Å². The molecule has 0 saturated carbocycles. The molecule has 0 atom stereocenters. The van der Waals surface area contributed by atoms with Crippen molar-refractivity contribution in [3.8, 4) is 0 Å². The third kappa shape index (κ3) is 5.68. The Morgan fingerprint density at radius 3 is 2.43 bits per heavy atom. The minimum atomic E-state index is 0.628. The van der Waals surface area contributed by atoms with Crippen LogP contribution in [0.2, 0.25) is 0 Å². The van der Waals surface area contributed by atoms with Gasteiger partial charge in [-0.1, -0.05) is 20.8 Å². The molecule has 0 unspecified atom stereocenters. The normalized spacial score (nSPS) is 14.4. The number of allylic oxidation sites excluding steroid dienone is 2. The topological polar surface area (TPSA) is 24.7 Å². The molecule has 0 aliphatic rings. The molecule has 0 spiro atoms.